The Morgan fingerprint density at radius 1 is 1.29 bits per heavy atom. The van der Waals surface area contributed by atoms with E-state index in [0.29, 0.717) is 11.4 Å². The monoisotopic (exact) mass is 283 g/mol. The van der Waals surface area contributed by atoms with Gasteiger partial charge in [-0.25, -0.2) is 4.98 Å². The van der Waals surface area contributed by atoms with E-state index in [1.807, 2.05) is 13.0 Å². The van der Waals surface area contributed by atoms with Crippen LogP contribution in [-0.4, -0.2) is 15.8 Å². The minimum atomic E-state index is -0.468. The van der Waals surface area contributed by atoms with Crippen molar-refractivity contribution < 1.29 is 9.72 Å². The number of pyridine rings is 1. The molecule has 21 heavy (non-hydrogen) atoms. The smallest absolute Gasteiger partial charge is 0.269 e. The minimum absolute atomic E-state index is 0.0145. The second-order valence-electron chi connectivity index (χ2n) is 4.34. The highest BCUT2D eigenvalue weighted by Crippen LogP contribution is 2.13. The number of carbonyl (C=O) groups is 1. The summed E-state index contributed by atoms with van der Waals surface area (Å²) in [5, 5.41) is 13.2. The van der Waals surface area contributed by atoms with Crippen LogP contribution in [0.3, 0.4) is 0 Å². The highest BCUT2D eigenvalue weighted by atomic mass is 16.6. The number of hydrogen-bond donors (Lipinski definition) is 1. The Labute approximate surface area is 121 Å². The van der Waals surface area contributed by atoms with Crippen LogP contribution in [0.1, 0.15) is 11.1 Å². The van der Waals surface area contributed by atoms with Gasteiger partial charge in [0.2, 0.25) is 5.91 Å². The molecule has 0 aliphatic carbocycles. The Morgan fingerprint density at radius 3 is 2.62 bits per heavy atom. The zero-order valence-corrected chi connectivity index (χ0v) is 11.3. The van der Waals surface area contributed by atoms with Crippen LogP contribution in [0.5, 0.6) is 0 Å². The van der Waals surface area contributed by atoms with Gasteiger partial charge in [-0.15, -0.1) is 0 Å². The fraction of sp³-hybridized carbons (Fsp3) is 0.0667. The molecule has 6 heteroatoms. The summed E-state index contributed by atoms with van der Waals surface area (Å²) in [5.74, 6) is 0.200. The molecule has 1 heterocycles. The quantitative estimate of drug-likeness (QED) is 0.531. The second kappa shape index (κ2) is 6.42. The van der Waals surface area contributed by atoms with Gasteiger partial charge in [-0.3, -0.25) is 14.9 Å². The van der Waals surface area contributed by atoms with E-state index < -0.39 is 4.92 Å². The van der Waals surface area contributed by atoms with Crippen LogP contribution in [0.15, 0.2) is 48.7 Å². The highest BCUT2D eigenvalue weighted by Gasteiger charge is 2.04. The van der Waals surface area contributed by atoms with Gasteiger partial charge in [-0.1, -0.05) is 6.07 Å². The lowest BCUT2D eigenvalue weighted by molar-refractivity contribution is -0.384. The van der Waals surface area contributed by atoms with Gasteiger partial charge in [0.25, 0.3) is 5.69 Å². The van der Waals surface area contributed by atoms with Crippen molar-refractivity contribution in [2.75, 3.05) is 5.32 Å². The molecule has 1 N–H and O–H groups in total. The molecular weight excluding hydrogens is 270 g/mol. The van der Waals surface area contributed by atoms with Crippen LogP contribution in [0.2, 0.25) is 0 Å². The van der Waals surface area contributed by atoms with Crippen molar-refractivity contribution in [1.82, 2.24) is 4.98 Å². The van der Waals surface area contributed by atoms with Gasteiger partial charge in [0.1, 0.15) is 5.82 Å². The molecule has 0 aliphatic heterocycles. The number of nitrogens with zero attached hydrogens (tertiary/aromatic N) is 2. The maximum atomic E-state index is 11.8. The number of benzene rings is 1. The molecule has 0 atom stereocenters. The molecule has 0 saturated heterocycles. The SMILES string of the molecule is Cc1cccnc1NC(=O)C=Cc1ccc([N+](=O)[O-])cc1. The van der Waals surface area contributed by atoms with E-state index >= 15 is 0 Å². The molecule has 0 unspecified atom stereocenters. The fourth-order valence-electron chi connectivity index (χ4n) is 1.65. The number of carbonyl (C=O) groups excluding carboxylic acids is 1. The maximum absolute atomic E-state index is 11.8. The second-order valence-corrected chi connectivity index (χ2v) is 4.34. The summed E-state index contributed by atoms with van der Waals surface area (Å²) in [7, 11) is 0. The Bertz CT molecular complexity index is 694. The van der Waals surface area contributed by atoms with E-state index in [2.05, 4.69) is 10.3 Å². The summed E-state index contributed by atoms with van der Waals surface area (Å²) < 4.78 is 0. The number of amides is 1. The number of non-ortho nitro benzene ring substituents is 1. The number of hydrogen-bond acceptors (Lipinski definition) is 4. The number of nitro benzene ring substituents is 1. The molecule has 1 aromatic heterocycles. The van der Waals surface area contributed by atoms with Crippen LogP contribution in [0.25, 0.3) is 6.08 Å². The van der Waals surface area contributed by atoms with Crippen molar-refractivity contribution in [3.63, 3.8) is 0 Å². The molecule has 2 aromatic rings. The number of aryl methyl sites for hydroxylation is 1. The molecule has 0 fully saturated rings. The van der Waals surface area contributed by atoms with Crippen LogP contribution in [0, 0.1) is 17.0 Å². The van der Waals surface area contributed by atoms with Crippen LogP contribution < -0.4 is 5.32 Å². The Balaban J connectivity index is 2.02. The lowest BCUT2D eigenvalue weighted by Crippen LogP contribution is -2.10. The first kappa shape index (κ1) is 14.4. The van der Waals surface area contributed by atoms with Gasteiger partial charge in [-0.2, -0.15) is 0 Å². The van der Waals surface area contributed by atoms with Crippen molar-refractivity contribution in [3.8, 4) is 0 Å². The predicted molar refractivity (Wildman–Crippen MR) is 79.7 cm³/mol. The van der Waals surface area contributed by atoms with Gasteiger partial charge in [0, 0.05) is 24.4 Å². The van der Waals surface area contributed by atoms with Crippen LogP contribution in [0.4, 0.5) is 11.5 Å². The average Bonchev–Trinajstić information content (AvgIpc) is 2.48. The number of aromatic nitrogens is 1. The summed E-state index contributed by atoms with van der Waals surface area (Å²) in [6, 6.07) is 9.57. The standard InChI is InChI=1S/C15H13N3O3/c1-11-3-2-10-16-15(11)17-14(19)9-6-12-4-7-13(8-5-12)18(20)21/h2-10H,1H3,(H,16,17,19). The molecule has 0 bridgehead atoms. The summed E-state index contributed by atoms with van der Waals surface area (Å²) in [4.78, 5) is 25.9. The number of rotatable bonds is 4. The molecule has 0 aliphatic rings. The first-order chi connectivity index (χ1) is 10.1. The molecule has 6 nitrogen and oxygen atoms in total. The average molecular weight is 283 g/mol. The van der Waals surface area contributed by atoms with Gasteiger partial charge < -0.3 is 5.32 Å². The van der Waals surface area contributed by atoms with E-state index in [9.17, 15) is 14.9 Å². The largest absolute Gasteiger partial charge is 0.307 e. The first-order valence-corrected chi connectivity index (χ1v) is 6.21. The molecular formula is C15H13N3O3. The molecule has 0 radical (unpaired) electrons. The summed E-state index contributed by atoms with van der Waals surface area (Å²) in [5.41, 5.74) is 1.59. The maximum Gasteiger partial charge on any atom is 0.269 e. The van der Waals surface area contributed by atoms with Crippen LogP contribution in [-0.2, 0) is 4.79 Å². The van der Waals surface area contributed by atoms with E-state index in [1.54, 1.807) is 30.5 Å². The van der Waals surface area contributed by atoms with Gasteiger partial charge >= 0.3 is 0 Å². The topological polar surface area (TPSA) is 85.1 Å². The lowest BCUT2D eigenvalue weighted by atomic mass is 10.2. The zero-order valence-electron chi connectivity index (χ0n) is 11.3. The third-order valence-electron chi connectivity index (χ3n) is 2.78. The Morgan fingerprint density at radius 2 is 2.00 bits per heavy atom. The van der Waals surface area contributed by atoms with Crippen molar-refractivity contribution in [3.05, 3.63) is 69.9 Å². The van der Waals surface area contributed by atoms with Gasteiger partial charge in [-0.05, 0) is 42.3 Å². The van der Waals surface area contributed by atoms with E-state index in [1.165, 1.54) is 18.2 Å². The molecule has 0 saturated carbocycles. The van der Waals surface area contributed by atoms with Crippen molar-refractivity contribution >= 4 is 23.5 Å². The molecule has 1 aromatic carbocycles. The van der Waals surface area contributed by atoms with Crippen molar-refractivity contribution in [2.45, 2.75) is 6.92 Å². The molecule has 0 spiro atoms. The third kappa shape index (κ3) is 3.97. The third-order valence-corrected chi connectivity index (χ3v) is 2.78. The van der Waals surface area contributed by atoms with E-state index in [0.717, 1.165) is 5.56 Å². The summed E-state index contributed by atoms with van der Waals surface area (Å²) >= 11 is 0. The zero-order chi connectivity index (χ0) is 15.2. The molecule has 106 valence electrons. The number of nitrogens with one attached hydrogen (secondary N) is 1. The summed E-state index contributed by atoms with van der Waals surface area (Å²) in [6.45, 7) is 1.85. The Kier molecular flexibility index (Phi) is 4.40. The molecule has 2 rings (SSSR count). The van der Waals surface area contributed by atoms with Crippen molar-refractivity contribution in [2.24, 2.45) is 0 Å². The number of anilines is 1. The van der Waals surface area contributed by atoms with Gasteiger partial charge in [0.15, 0.2) is 0 Å². The summed E-state index contributed by atoms with van der Waals surface area (Å²) in [6.07, 6.45) is 4.54. The first-order valence-electron chi connectivity index (χ1n) is 6.21. The number of nitro groups is 1. The normalized spacial score (nSPS) is 10.5. The molecule has 1 amide bonds. The Hall–Kier alpha value is -3.02. The highest BCUT2D eigenvalue weighted by molar-refractivity contribution is 6.01. The predicted octanol–water partition coefficient (Wildman–Crippen LogP) is 2.95. The van der Waals surface area contributed by atoms with E-state index in [-0.39, 0.29) is 11.6 Å². The van der Waals surface area contributed by atoms with E-state index in [4.69, 9.17) is 0 Å². The van der Waals surface area contributed by atoms with Crippen molar-refractivity contribution in [1.29, 1.82) is 0 Å². The van der Waals surface area contributed by atoms with Crippen LogP contribution >= 0.6 is 0 Å². The lowest BCUT2D eigenvalue weighted by Gasteiger charge is -2.03. The minimum Gasteiger partial charge on any atom is -0.307 e. The fourth-order valence-corrected chi connectivity index (χ4v) is 1.65. The van der Waals surface area contributed by atoms with Gasteiger partial charge in [0.05, 0.1) is 4.92 Å².